The van der Waals surface area contributed by atoms with E-state index in [0.717, 1.165) is 11.4 Å². The molecular weight excluding hydrogens is 296 g/mol. The molecule has 1 atom stereocenters. The maximum absolute atomic E-state index is 12.0. The van der Waals surface area contributed by atoms with Gasteiger partial charge in [0.05, 0.1) is 5.25 Å². The molecule has 2 aromatic carbocycles. The lowest BCUT2D eigenvalue weighted by atomic mass is 10.2. The van der Waals surface area contributed by atoms with Crippen LogP contribution in [0.5, 0.6) is 0 Å². The molecule has 1 aliphatic heterocycles. The minimum Gasteiger partial charge on any atom is -0.396 e. The number of thioether (sulfide) groups is 1. The van der Waals surface area contributed by atoms with Crippen molar-refractivity contribution in [3.63, 3.8) is 0 Å². The van der Waals surface area contributed by atoms with E-state index in [0.29, 0.717) is 11.6 Å². The predicted octanol–water partition coefficient (Wildman–Crippen LogP) is 3.21. The Labute approximate surface area is 133 Å². The minimum atomic E-state index is -0.296. The molecule has 4 nitrogen and oxygen atoms in total. The van der Waals surface area contributed by atoms with E-state index in [9.17, 15) is 4.79 Å². The van der Waals surface area contributed by atoms with Gasteiger partial charge in [-0.2, -0.15) is 4.99 Å². The number of hydrogen-bond acceptors (Lipinski definition) is 4. The molecule has 0 aliphatic carbocycles. The third-order valence-corrected chi connectivity index (χ3v) is 4.55. The van der Waals surface area contributed by atoms with Gasteiger partial charge in [-0.1, -0.05) is 48.2 Å². The van der Waals surface area contributed by atoms with Gasteiger partial charge in [-0.25, -0.2) is 0 Å². The molecular formula is C17H16N2O2S. The maximum atomic E-state index is 12.0. The van der Waals surface area contributed by atoms with Gasteiger partial charge in [-0.3, -0.25) is 9.69 Å². The largest absolute Gasteiger partial charge is 0.396 e. The Balaban J connectivity index is 1.97. The number of para-hydroxylation sites is 2. The normalized spacial score (nSPS) is 17.4. The first-order valence-electron chi connectivity index (χ1n) is 7.10. The zero-order valence-electron chi connectivity index (χ0n) is 11.9. The molecule has 0 fully saturated rings. The van der Waals surface area contributed by atoms with E-state index < -0.39 is 0 Å². The highest BCUT2D eigenvalue weighted by Gasteiger charge is 2.32. The first kappa shape index (κ1) is 14.8. The maximum Gasteiger partial charge on any atom is 0.261 e. The molecule has 0 radical (unpaired) electrons. The molecule has 0 bridgehead atoms. The van der Waals surface area contributed by atoms with Crippen LogP contribution in [0.15, 0.2) is 65.7 Å². The van der Waals surface area contributed by atoms with Gasteiger partial charge in [0.15, 0.2) is 5.17 Å². The first-order valence-corrected chi connectivity index (χ1v) is 7.98. The van der Waals surface area contributed by atoms with E-state index in [4.69, 9.17) is 5.11 Å². The Bertz CT molecular complexity index is 634. The molecule has 1 unspecified atom stereocenters. The van der Waals surface area contributed by atoms with Gasteiger partial charge in [0.2, 0.25) is 0 Å². The number of amidine groups is 1. The van der Waals surface area contributed by atoms with Crippen LogP contribution in [0, 0.1) is 0 Å². The lowest BCUT2D eigenvalue weighted by Crippen LogP contribution is -2.22. The van der Waals surface area contributed by atoms with Crippen molar-refractivity contribution in [3.8, 4) is 0 Å². The summed E-state index contributed by atoms with van der Waals surface area (Å²) in [6, 6.07) is 19.7. The number of rotatable bonds is 4. The summed E-state index contributed by atoms with van der Waals surface area (Å²) in [4.78, 5) is 18.2. The van der Waals surface area contributed by atoms with Gasteiger partial charge in [-0.15, -0.1) is 0 Å². The topological polar surface area (TPSA) is 52.9 Å². The second-order valence-corrected chi connectivity index (χ2v) is 6.03. The van der Waals surface area contributed by atoms with Gasteiger partial charge < -0.3 is 5.11 Å². The number of aliphatic hydroxyl groups excluding tert-OH is 1. The SMILES string of the molecule is O=C1N=C(N(c2ccccc2)c2ccccc2)SC1CCO. The summed E-state index contributed by atoms with van der Waals surface area (Å²) in [6.07, 6.45) is 0.425. The van der Waals surface area contributed by atoms with Crippen LogP contribution in [-0.4, -0.2) is 28.0 Å². The smallest absolute Gasteiger partial charge is 0.261 e. The van der Waals surface area contributed by atoms with E-state index >= 15 is 0 Å². The number of nitrogens with zero attached hydrogens (tertiary/aromatic N) is 2. The van der Waals surface area contributed by atoms with Gasteiger partial charge in [0.25, 0.3) is 5.91 Å². The van der Waals surface area contributed by atoms with Gasteiger partial charge in [0.1, 0.15) is 0 Å². The third kappa shape index (κ3) is 3.05. The number of benzene rings is 2. The van der Waals surface area contributed by atoms with E-state index in [-0.39, 0.29) is 17.8 Å². The Hall–Kier alpha value is -2.11. The molecule has 0 spiro atoms. The first-order chi connectivity index (χ1) is 10.8. The van der Waals surface area contributed by atoms with Gasteiger partial charge in [-0.05, 0) is 30.7 Å². The van der Waals surface area contributed by atoms with Crippen LogP contribution in [0.25, 0.3) is 0 Å². The molecule has 3 rings (SSSR count). The lowest BCUT2D eigenvalue weighted by molar-refractivity contribution is -0.117. The fraction of sp³-hybridized carbons (Fsp3) is 0.176. The Morgan fingerprint density at radius 1 is 1.00 bits per heavy atom. The Morgan fingerprint density at radius 3 is 2.05 bits per heavy atom. The quantitative estimate of drug-likeness (QED) is 0.942. The van der Waals surface area contributed by atoms with Crippen LogP contribution in [0.3, 0.4) is 0 Å². The summed E-state index contributed by atoms with van der Waals surface area (Å²) < 4.78 is 0. The number of aliphatic imine (C=N–C) groups is 1. The Kier molecular flexibility index (Phi) is 4.56. The fourth-order valence-electron chi connectivity index (χ4n) is 2.30. The predicted molar refractivity (Wildman–Crippen MR) is 90.5 cm³/mol. The summed E-state index contributed by atoms with van der Waals surface area (Å²) in [5.41, 5.74) is 1.91. The fourth-order valence-corrected chi connectivity index (χ4v) is 3.39. The standard InChI is InChI=1S/C17H16N2O2S/c20-12-11-15-16(21)18-17(22-15)19(13-7-3-1-4-8-13)14-9-5-2-6-10-14/h1-10,15,20H,11-12H2. The van der Waals surface area contributed by atoms with Crippen LogP contribution >= 0.6 is 11.8 Å². The molecule has 1 heterocycles. The van der Waals surface area contributed by atoms with E-state index in [1.54, 1.807) is 0 Å². The van der Waals surface area contributed by atoms with Crippen molar-refractivity contribution in [1.82, 2.24) is 0 Å². The number of anilines is 2. The average Bonchev–Trinajstić information content (AvgIpc) is 2.91. The summed E-state index contributed by atoms with van der Waals surface area (Å²) in [7, 11) is 0. The molecule has 22 heavy (non-hydrogen) atoms. The van der Waals surface area contributed by atoms with Crippen molar-refractivity contribution in [1.29, 1.82) is 0 Å². The highest BCUT2D eigenvalue weighted by atomic mass is 32.2. The Morgan fingerprint density at radius 2 is 1.55 bits per heavy atom. The van der Waals surface area contributed by atoms with Crippen molar-refractivity contribution < 1.29 is 9.90 Å². The highest BCUT2D eigenvalue weighted by molar-refractivity contribution is 8.15. The van der Waals surface area contributed by atoms with Crippen molar-refractivity contribution >= 4 is 34.2 Å². The summed E-state index contributed by atoms with van der Waals surface area (Å²) in [5, 5.41) is 9.43. The number of hydrogen-bond donors (Lipinski definition) is 1. The minimum absolute atomic E-state index is 0.0110. The number of amides is 1. The van der Waals surface area contributed by atoms with E-state index in [2.05, 4.69) is 4.99 Å². The zero-order chi connectivity index (χ0) is 15.4. The van der Waals surface area contributed by atoms with Crippen molar-refractivity contribution in [2.45, 2.75) is 11.7 Å². The lowest BCUT2D eigenvalue weighted by Gasteiger charge is -2.24. The van der Waals surface area contributed by atoms with Gasteiger partial charge in [0, 0.05) is 18.0 Å². The zero-order valence-corrected chi connectivity index (χ0v) is 12.7. The second-order valence-electron chi connectivity index (χ2n) is 4.86. The number of aliphatic hydroxyl groups is 1. The molecule has 0 saturated carbocycles. The van der Waals surface area contributed by atoms with Crippen LogP contribution in [-0.2, 0) is 4.79 Å². The molecule has 1 N–H and O–H groups in total. The molecule has 1 aliphatic rings. The highest BCUT2D eigenvalue weighted by Crippen LogP contribution is 2.34. The monoisotopic (exact) mass is 312 g/mol. The van der Waals surface area contributed by atoms with E-state index in [1.807, 2.05) is 65.6 Å². The summed E-state index contributed by atoms with van der Waals surface area (Å²) >= 11 is 1.41. The van der Waals surface area contributed by atoms with Crippen molar-refractivity contribution in [2.24, 2.45) is 4.99 Å². The van der Waals surface area contributed by atoms with Crippen LogP contribution < -0.4 is 4.90 Å². The van der Waals surface area contributed by atoms with Crippen molar-refractivity contribution in [2.75, 3.05) is 11.5 Å². The van der Waals surface area contributed by atoms with E-state index in [1.165, 1.54) is 11.8 Å². The van der Waals surface area contributed by atoms with Crippen molar-refractivity contribution in [3.05, 3.63) is 60.7 Å². The van der Waals surface area contributed by atoms with Crippen LogP contribution in [0.1, 0.15) is 6.42 Å². The third-order valence-electron chi connectivity index (χ3n) is 3.34. The molecule has 0 saturated heterocycles. The summed E-state index contributed by atoms with van der Waals surface area (Å²) in [5.74, 6) is -0.175. The van der Waals surface area contributed by atoms with Crippen LogP contribution in [0.4, 0.5) is 11.4 Å². The summed E-state index contributed by atoms with van der Waals surface area (Å²) in [6.45, 7) is -0.0110. The van der Waals surface area contributed by atoms with Gasteiger partial charge >= 0.3 is 0 Å². The molecule has 1 amide bonds. The molecule has 0 aromatic heterocycles. The van der Waals surface area contributed by atoms with Crippen LogP contribution in [0.2, 0.25) is 0 Å². The molecule has 2 aromatic rings. The number of carbonyl (C=O) groups excluding carboxylic acids is 1. The number of carbonyl (C=O) groups is 1. The second kappa shape index (κ2) is 6.77. The molecule has 5 heteroatoms. The average molecular weight is 312 g/mol. The molecule has 112 valence electrons.